The van der Waals surface area contributed by atoms with Gasteiger partial charge in [0.25, 0.3) is 5.91 Å². The van der Waals surface area contributed by atoms with E-state index in [2.05, 4.69) is 15.5 Å². The lowest BCUT2D eigenvalue weighted by atomic mass is 9.97. The molecule has 2 amide bonds. The Kier molecular flexibility index (Phi) is 8.48. The minimum absolute atomic E-state index is 0.00312. The van der Waals surface area contributed by atoms with E-state index < -0.39 is 17.4 Å². The molecule has 2 aromatic rings. The Labute approximate surface area is 210 Å². The third-order valence-corrected chi connectivity index (χ3v) is 7.00. The molecule has 4 rings (SSSR count). The molecule has 0 spiro atoms. The predicted octanol–water partition coefficient (Wildman–Crippen LogP) is 1.73. The van der Waals surface area contributed by atoms with Crippen LogP contribution in [0.3, 0.4) is 0 Å². The highest BCUT2D eigenvalue weighted by atomic mass is 16.7. The maximum atomic E-state index is 13.3. The molecule has 1 aromatic carbocycles. The zero-order valence-corrected chi connectivity index (χ0v) is 21.3. The van der Waals surface area contributed by atoms with Crippen LogP contribution < -0.4 is 25.5 Å². The van der Waals surface area contributed by atoms with Gasteiger partial charge in [-0.05, 0) is 31.9 Å². The average Bonchev–Trinajstić information content (AvgIpc) is 3.36. The van der Waals surface area contributed by atoms with Gasteiger partial charge in [0.15, 0.2) is 11.5 Å². The van der Waals surface area contributed by atoms with Crippen molar-refractivity contribution >= 4 is 22.7 Å². The summed E-state index contributed by atoms with van der Waals surface area (Å²) in [5.41, 5.74) is 0.260. The van der Waals surface area contributed by atoms with Crippen molar-refractivity contribution in [3.63, 3.8) is 0 Å². The van der Waals surface area contributed by atoms with E-state index in [0.29, 0.717) is 41.9 Å². The minimum atomic E-state index is -0.743. The second-order valence-electron chi connectivity index (χ2n) is 9.32. The first-order valence-corrected chi connectivity index (χ1v) is 12.8. The molecule has 2 atom stereocenters. The maximum Gasteiger partial charge on any atom is 0.257 e. The third-order valence-electron chi connectivity index (χ3n) is 7.00. The fourth-order valence-corrected chi connectivity index (χ4v) is 4.57. The van der Waals surface area contributed by atoms with Crippen LogP contribution in [0.25, 0.3) is 10.9 Å². The minimum Gasteiger partial charge on any atom is -0.454 e. The lowest BCUT2D eigenvalue weighted by Crippen LogP contribution is -2.51. The SMILES string of the molecule is CCC(C)[C@H](NC(=O)c1cn(CC)c2cc3c(cc2c1=O)OCO3)C(=O)NCCCN1CCOCC1. The molecule has 0 saturated carbocycles. The van der Waals surface area contributed by atoms with Gasteiger partial charge in [0.05, 0.1) is 24.1 Å². The van der Waals surface area contributed by atoms with E-state index in [1.54, 1.807) is 18.3 Å². The van der Waals surface area contributed by atoms with Crippen molar-refractivity contribution in [1.29, 1.82) is 0 Å². The largest absolute Gasteiger partial charge is 0.454 e. The second-order valence-corrected chi connectivity index (χ2v) is 9.32. The van der Waals surface area contributed by atoms with Crippen molar-refractivity contribution in [2.75, 3.05) is 46.2 Å². The average molecular weight is 501 g/mol. The number of carbonyl (C=O) groups excluding carboxylic acids is 2. The number of hydrogen-bond acceptors (Lipinski definition) is 7. The Morgan fingerprint density at radius 3 is 2.53 bits per heavy atom. The molecule has 10 nitrogen and oxygen atoms in total. The summed E-state index contributed by atoms with van der Waals surface area (Å²) in [6.45, 7) is 11.2. The molecular formula is C26H36N4O6. The molecule has 0 radical (unpaired) electrons. The predicted molar refractivity (Wildman–Crippen MR) is 136 cm³/mol. The summed E-state index contributed by atoms with van der Waals surface area (Å²) >= 11 is 0. The number of ether oxygens (including phenoxy) is 3. The fourth-order valence-electron chi connectivity index (χ4n) is 4.57. The van der Waals surface area contributed by atoms with Gasteiger partial charge in [-0.2, -0.15) is 0 Å². The molecule has 196 valence electrons. The van der Waals surface area contributed by atoms with Gasteiger partial charge in [-0.15, -0.1) is 0 Å². The Bertz CT molecular complexity index is 1160. The van der Waals surface area contributed by atoms with Crippen LogP contribution in [0.5, 0.6) is 11.5 Å². The van der Waals surface area contributed by atoms with Crippen LogP contribution in [-0.2, 0) is 16.1 Å². The summed E-state index contributed by atoms with van der Waals surface area (Å²) in [6, 6.07) is 2.64. The zero-order chi connectivity index (χ0) is 25.7. The number of amides is 2. The van der Waals surface area contributed by atoms with Crippen LogP contribution in [0, 0.1) is 5.92 Å². The van der Waals surface area contributed by atoms with E-state index in [1.165, 1.54) is 0 Å². The Hall–Kier alpha value is -3.11. The number of aryl methyl sites for hydroxylation is 1. The topological polar surface area (TPSA) is 111 Å². The summed E-state index contributed by atoms with van der Waals surface area (Å²) < 4.78 is 18.1. The number of hydrogen-bond donors (Lipinski definition) is 2. The van der Waals surface area contributed by atoms with Gasteiger partial charge in [0, 0.05) is 38.4 Å². The van der Waals surface area contributed by atoms with Crippen LogP contribution in [0.15, 0.2) is 23.1 Å². The molecule has 36 heavy (non-hydrogen) atoms. The first kappa shape index (κ1) is 26.0. The molecule has 3 heterocycles. The lowest BCUT2D eigenvalue weighted by molar-refractivity contribution is -0.124. The lowest BCUT2D eigenvalue weighted by Gasteiger charge is -2.27. The maximum absolute atomic E-state index is 13.3. The Balaban J connectivity index is 1.48. The highest BCUT2D eigenvalue weighted by molar-refractivity contribution is 6.00. The number of nitrogens with one attached hydrogen (secondary N) is 2. The number of rotatable bonds is 10. The van der Waals surface area contributed by atoms with Crippen LogP contribution in [-0.4, -0.2) is 73.5 Å². The molecule has 1 unspecified atom stereocenters. The van der Waals surface area contributed by atoms with Crippen LogP contribution in [0.4, 0.5) is 0 Å². The quantitative estimate of drug-likeness (QED) is 0.478. The summed E-state index contributed by atoms with van der Waals surface area (Å²) in [4.78, 5) is 42.0. The molecule has 1 aromatic heterocycles. The van der Waals surface area contributed by atoms with Crippen molar-refractivity contribution in [3.05, 3.63) is 34.1 Å². The fraction of sp³-hybridized carbons (Fsp3) is 0.577. The highest BCUT2D eigenvalue weighted by Gasteiger charge is 2.28. The number of nitrogens with zero attached hydrogens (tertiary/aromatic N) is 2. The van der Waals surface area contributed by atoms with Crippen molar-refractivity contribution in [2.45, 2.75) is 46.2 Å². The molecule has 10 heteroatoms. The second kappa shape index (κ2) is 11.7. The number of benzene rings is 1. The third kappa shape index (κ3) is 5.65. The van der Waals surface area contributed by atoms with Gasteiger partial charge in [-0.25, -0.2) is 0 Å². The van der Waals surface area contributed by atoms with Crippen molar-refractivity contribution in [3.8, 4) is 11.5 Å². The molecule has 2 aliphatic heterocycles. The van der Waals surface area contributed by atoms with Crippen molar-refractivity contribution < 1.29 is 23.8 Å². The molecule has 0 aliphatic carbocycles. The van der Waals surface area contributed by atoms with E-state index >= 15 is 0 Å². The normalized spacial score (nSPS) is 17.1. The smallest absolute Gasteiger partial charge is 0.257 e. The number of aromatic nitrogens is 1. The molecule has 2 N–H and O–H groups in total. The van der Waals surface area contributed by atoms with Crippen molar-refractivity contribution in [1.82, 2.24) is 20.1 Å². The molecular weight excluding hydrogens is 464 g/mol. The van der Waals surface area contributed by atoms with Gasteiger partial charge in [0.1, 0.15) is 11.6 Å². The van der Waals surface area contributed by atoms with E-state index in [9.17, 15) is 14.4 Å². The Morgan fingerprint density at radius 1 is 1.11 bits per heavy atom. The Morgan fingerprint density at radius 2 is 1.83 bits per heavy atom. The summed E-state index contributed by atoms with van der Waals surface area (Å²) in [5.74, 6) is 0.156. The number of morpholine rings is 1. The van der Waals surface area contributed by atoms with E-state index in [-0.39, 0.29) is 24.2 Å². The molecule has 0 bridgehead atoms. The van der Waals surface area contributed by atoms with E-state index in [0.717, 1.165) is 39.3 Å². The molecule has 1 fully saturated rings. The van der Waals surface area contributed by atoms with Gasteiger partial charge in [-0.1, -0.05) is 20.3 Å². The number of pyridine rings is 1. The molecule has 2 aliphatic rings. The highest BCUT2D eigenvalue weighted by Crippen LogP contribution is 2.35. The molecule has 1 saturated heterocycles. The van der Waals surface area contributed by atoms with E-state index in [4.69, 9.17) is 14.2 Å². The van der Waals surface area contributed by atoms with E-state index in [1.807, 2.05) is 25.3 Å². The van der Waals surface area contributed by atoms with Gasteiger partial charge >= 0.3 is 0 Å². The van der Waals surface area contributed by atoms with Crippen LogP contribution in [0.1, 0.15) is 44.0 Å². The monoisotopic (exact) mass is 500 g/mol. The number of fused-ring (bicyclic) bond motifs is 2. The number of carbonyl (C=O) groups is 2. The zero-order valence-electron chi connectivity index (χ0n) is 21.3. The van der Waals surface area contributed by atoms with Gasteiger partial charge < -0.3 is 29.4 Å². The summed E-state index contributed by atoms with van der Waals surface area (Å²) in [7, 11) is 0. The van der Waals surface area contributed by atoms with Crippen molar-refractivity contribution in [2.24, 2.45) is 5.92 Å². The first-order chi connectivity index (χ1) is 17.4. The first-order valence-electron chi connectivity index (χ1n) is 12.8. The van der Waals surface area contributed by atoms with Crippen LogP contribution >= 0.6 is 0 Å². The van der Waals surface area contributed by atoms with Crippen LogP contribution in [0.2, 0.25) is 0 Å². The summed E-state index contributed by atoms with van der Waals surface area (Å²) in [5, 5.41) is 6.18. The summed E-state index contributed by atoms with van der Waals surface area (Å²) in [6.07, 6.45) is 3.07. The van der Waals surface area contributed by atoms with Gasteiger partial charge in [-0.3, -0.25) is 19.3 Å². The van der Waals surface area contributed by atoms with Gasteiger partial charge in [0.2, 0.25) is 18.1 Å². The standard InChI is InChI=1S/C26H36N4O6/c1-4-17(3)23(26(33)27-7-6-8-29-9-11-34-12-10-29)28-25(32)19-15-30(5-2)20-14-22-21(35-16-36-22)13-18(20)24(19)31/h13-15,17,23H,4-12,16H2,1-3H3,(H,27,33)(H,28,32)/t17?,23-/m0/s1.